The Labute approximate surface area is 122 Å². The maximum atomic E-state index is 5.88. The van der Waals surface area contributed by atoms with Crippen molar-refractivity contribution in [3.05, 3.63) is 59.9 Å². The Morgan fingerprint density at radius 1 is 1.10 bits per heavy atom. The number of ether oxygens (including phenoxy) is 1. The van der Waals surface area contributed by atoms with E-state index in [1.54, 1.807) is 0 Å². The van der Waals surface area contributed by atoms with Crippen LogP contribution in [0.3, 0.4) is 0 Å². The Morgan fingerprint density at radius 2 is 1.90 bits per heavy atom. The molecule has 2 aromatic carbocycles. The average Bonchev–Trinajstić information content (AvgIpc) is 2.98. The molecule has 0 saturated heterocycles. The molecule has 106 valence electrons. The van der Waals surface area contributed by atoms with Crippen LogP contribution < -0.4 is 10.5 Å². The predicted octanol–water partition coefficient (Wildman–Crippen LogP) is 3.21. The van der Waals surface area contributed by atoms with Gasteiger partial charge in [-0.25, -0.2) is 0 Å². The molecule has 0 spiro atoms. The number of hydrogen-bond acceptors (Lipinski definition) is 5. The number of benzene rings is 2. The Hall–Kier alpha value is -2.82. The summed E-state index contributed by atoms with van der Waals surface area (Å²) in [6.07, 6.45) is 0. The maximum absolute atomic E-state index is 5.88. The van der Waals surface area contributed by atoms with Crippen LogP contribution in [0.5, 0.6) is 5.75 Å². The van der Waals surface area contributed by atoms with Gasteiger partial charge in [-0.1, -0.05) is 29.4 Å². The van der Waals surface area contributed by atoms with E-state index in [1.807, 2.05) is 55.5 Å². The third-order valence-electron chi connectivity index (χ3n) is 3.19. The van der Waals surface area contributed by atoms with Crippen molar-refractivity contribution in [3.63, 3.8) is 0 Å². The van der Waals surface area contributed by atoms with Crippen LogP contribution in [-0.4, -0.2) is 10.1 Å². The molecule has 0 atom stereocenters. The number of hydrogen-bond donors (Lipinski definition) is 1. The van der Waals surface area contributed by atoms with Crippen molar-refractivity contribution in [2.24, 2.45) is 0 Å². The van der Waals surface area contributed by atoms with Gasteiger partial charge in [0.25, 0.3) is 5.89 Å². The second-order valence-electron chi connectivity index (χ2n) is 4.64. The van der Waals surface area contributed by atoms with Gasteiger partial charge >= 0.3 is 0 Å². The molecule has 1 heterocycles. The summed E-state index contributed by atoms with van der Waals surface area (Å²) in [5, 5.41) is 3.93. The molecule has 1 aromatic heterocycles. The monoisotopic (exact) mass is 281 g/mol. The largest absolute Gasteiger partial charge is 0.485 e. The SMILES string of the molecule is Cc1c(N)cccc1-c1nc(COc2ccccc2)no1. The van der Waals surface area contributed by atoms with Crippen LogP contribution in [0.15, 0.2) is 53.1 Å². The molecule has 0 aliphatic heterocycles. The molecule has 0 fully saturated rings. The van der Waals surface area contributed by atoms with Gasteiger partial charge in [0.1, 0.15) is 5.75 Å². The van der Waals surface area contributed by atoms with E-state index in [4.69, 9.17) is 15.0 Å². The summed E-state index contributed by atoms with van der Waals surface area (Å²) >= 11 is 0. The Morgan fingerprint density at radius 3 is 2.71 bits per heavy atom. The number of aromatic nitrogens is 2. The summed E-state index contributed by atoms with van der Waals surface area (Å²) in [5.41, 5.74) is 8.36. The van der Waals surface area contributed by atoms with Crippen LogP contribution in [0.1, 0.15) is 11.4 Å². The fraction of sp³-hybridized carbons (Fsp3) is 0.125. The Bertz CT molecular complexity index is 738. The zero-order valence-electron chi connectivity index (χ0n) is 11.6. The van der Waals surface area contributed by atoms with Crippen LogP contribution in [0, 0.1) is 6.92 Å². The molecule has 0 amide bonds. The summed E-state index contributed by atoms with van der Waals surface area (Å²) in [5.74, 6) is 1.71. The van der Waals surface area contributed by atoms with Gasteiger partial charge in [0.15, 0.2) is 6.61 Å². The first kappa shape index (κ1) is 13.2. The predicted molar refractivity (Wildman–Crippen MR) is 79.7 cm³/mol. The van der Waals surface area contributed by atoms with Gasteiger partial charge in [0.2, 0.25) is 5.82 Å². The molecule has 0 aliphatic carbocycles. The fourth-order valence-electron chi connectivity index (χ4n) is 1.97. The Kier molecular flexibility index (Phi) is 3.55. The molecule has 2 N–H and O–H groups in total. The van der Waals surface area contributed by atoms with Crippen molar-refractivity contribution in [3.8, 4) is 17.2 Å². The minimum atomic E-state index is 0.259. The number of rotatable bonds is 4. The molecule has 21 heavy (non-hydrogen) atoms. The molecule has 0 unspecified atom stereocenters. The highest BCUT2D eigenvalue weighted by molar-refractivity contribution is 5.66. The second kappa shape index (κ2) is 5.66. The quantitative estimate of drug-likeness (QED) is 0.743. The van der Waals surface area contributed by atoms with Crippen LogP contribution in [0.2, 0.25) is 0 Å². The van der Waals surface area contributed by atoms with Crippen molar-refractivity contribution >= 4 is 5.69 Å². The van der Waals surface area contributed by atoms with E-state index < -0.39 is 0 Å². The highest BCUT2D eigenvalue weighted by Gasteiger charge is 2.12. The first-order valence-electron chi connectivity index (χ1n) is 6.60. The zero-order chi connectivity index (χ0) is 14.7. The molecule has 5 nitrogen and oxygen atoms in total. The minimum absolute atomic E-state index is 0.259. The summed E-state index contributed by atoms with van der Waals surface area (Å²) in [7, 11) is 0. The lowest BCUT2D eigenvalue weighted by Gasteiger charge is -2.03. The zero-order valence-corrected chi connectivity index (χ0v) is 11.6. The highest BCUT2D eigenvalue weighted by atomic mass is 16.5. The van der Waals surface area contributed by atoms with Crippen molar-refractivity contribution in [1.29, 1.82) is 0 Å². The standard InChI is InChI=1S/C16H15N3O2/c1-11-13(8-5-9-14(11)17)16-18-15(19-21-16)10-20-12-6-3-2-4-7-12/h2-9H,10,17H2,1H3. The molecule has 3 rings (SSSR count). The summed E-state index contributed by atoms with van der Waals surface area (Å²) in [6, 6.07) is 15.1. The van der Waals surface area contributed by atoms with Gasteiger partial charge in [-0.15, -0.1) is 0 Å². The molecular weight excluding hydrogens is 266 g/mol. The number of anilines is 1. The molecule has 0 saturated carbocycles. The summed E-state index contributed by atoms with van der Waals surface area (Å²) in [4.78, 5) is 4.34. The van der Waals surface area contributed by atoms with Crippen LogP contribution >= 0.6 is 0 Å². The van der Waals surface area contributed by atoms with Crippen LogP contribution in [0.4, 0.5) is 5.69 Å². The third-order valence-corrected chi connectivity index (χ3v) is 3.19. The first-order chi connectivity index (χ1) is 10.2. The van der Waals surface area contributed by atoms with E-state index in [2.05, 4.69) is 10.1 Å². The summed E-state index contributed by atoms with van der Waals surface area (Å²) < 4.78 is 10.9. The van der Waals surface area contributed by atoms with Crippen molar-refractivity contribution in [1.82, 2.24) is 10.1 Å². The number of nitrogen functional groups attached to an aromatic ring is 1. The van der Waals surface area contributed by atoms with Crippen molar-refractivity contribution in [2.75, 3.05) is 5.73 Å². The first-order valence-corrected chi connectivity index (χ1v) is 6.60. The Balaban J connectivity index is 1.76. The lowest BCUT2D eigenvalue weighted by Crippen LogP contribution is -1.97. The van der Waals surface area contributed by atoms with E-state index in [-0.39, 0.29) is 6.61 Å². The van der Waals surface area contributed by atoms with Gasteiger partial charge in [-0.3, -0.25) is 0 Å². The van der Waals surface area contributed by atoms with Crippen LogP contribution in [0.25, 0.3) is 11.5 Å². The smallest absolute Gasteiger partial charge is 0.258 e. The third kappa shape index (κ3) is 2.86. The fourth-order valence-corrected chi connectivity index (χ4v) is 1.97. The molecule has 3 aromatic rings. The molecule has 0 bridgehead atoms. The number of nitrogens with two attached hydrogens (primary N) is 1. The molecule has 0 radical (unpaired) electrons. The highest BCUT2D eigenvalue weighted by Crippen LogP contribution is 2.25. The number of para-hydroxylation sites is 1. The molecule has 0 aliphatic rings. The molecular formula is C16H15N3O2. The van der Waals surface area contributed by atoms with Gasteiger partial charge in [0, 0.05) is 11.3 Å². The summed E-state index contributed by atoms with van der Waals surface area (Å²) in [6.45, 7) is 2.18. The minimum Gasteiger partial charge on any atom is -0.485 e. The van der Waals surface area contributed by atoms with Crippen molar-refractivity contribution in [2.45, 2.75) is 13.5 Å². The van der Waals surface area contributed by atoms with E-state index >= 15 is 0 Å². The average molecular weight is 281 g/mol. The lowest BCUT2D eigenvalue weighted by atomic mass is 10.1. The number of nitrogens with zero attached hydrogens (tertiary/aromatic N) is 2. The van der Waals surface area contributed by atoms with Gasteiger partial charge < -0.3 is 15.0 Å². The maximum Gasteiger partial charge on any atom is 0.258 e. The van der Waals surface area contributed by atoms with Gasteiger partial charge in [-0.05, 0) is 36.8 Å². The molecule has 5 heteroatoms. The normalized spacial score (nSPS) is 10.5. The van der Waals surface area contributed by atoms with Gasteiger partial charge in [-0.2, -0.15) is 4.98 Å². The lowest BCUT2D eigenvalue weighted by molar-refractivity contribution is 0.287. The van der Waals surface area contributed by atoms with E-state index in [9.17, 15) is 0 Å². The topological polar surface area (TPSA) is 74.2 Å². The second-order valence-corrected chi connectivity index (χ2v) is 4.64. The van der Waals surface area contributed by atoms with Crippen LogP contribution in [-0.2, 0) is 6.61 Å². The van der Waals surface area contributed by atoms with E-state index in [0.29, 0.717) is 17.4 Å². The van der Waals surface area contributed by atoms with Crippen molar-refractivity contribution < 1.29 is 9.26 Å². The van der Waals surface area contributed by atoms with Gasteiger partial charge in [0.05, 0.1) is 0 Å². The van der Waals surface area contributed by atoms with E-state index in [1.165, 1.54) is 0 Å². The van der Waals surface area contributed by atoms with E-state index in [0.717, 1.165) is 16.9 Å².